The minimum Gasteiger partial charge on any atom is -0.494 e. The second-order valence-corrected chi connectivity index (χ2v) is 18.4. The third-order valence-electron chi connectivity index (χ3n) is 6.52. The molecule has 0 aliphatic heterocycles. The van der Waals surface area contributed by atoms with Crippen molar-refractivity contribution in [3.8, 4) is 34.6 Å². The van der Waals surface area contributed by atoms with E-state index in [1.807, 2.05) is 0 Å². The summed E-state index contributed by atoms with van der Waals surface area (Å²) in [4.78, 5) is 8.37. The van der Waals surface area contributed by atoms with E-state index in [2.05, 4.69) is 39.8 Å². The number of sulfonamides is 1. The molecular formula is C28H35FN6O6SSi. The Morgan fingerprint density at radius 3 is 2.23 bits per heavy atom. The van der Waals surface area contributed by atoms with Gasteiger partial charge in [-0.1, -0.05) is 31.8 Å². The number of rotatable bonds is 13. The van der Waals surface area contributed by atoms with Crippen LogP contribution in [-0.4, -0.2) is 80.0 Å². The van der Waals surface area contributed by atoms with Crippen molar-refractivity contribution in [2.45, 2.75) is 31.8 Å². The largest absolute Gasteiger partial charge is 0.494 e. The highest BCUT2D eigenvalue weighted by Gasteiger charge is 2.35. The molecule has 43 heavy (non-hydrogen) atoms. The monoisotopic (exact) mass is 630 g/mol. The van der Waals surface area contributed by atoms with Crippen LogP contribution in [0.2, 0.25) is 25.7 Å². The maximum Gasteiger partial charge on any atom is 0.246 e. The van der Waals surface area contributed by atoms with Crippen molar-refractivity contribution in [3.63, 3.8) is 0 Å². The molecule has 0 aliphatic rings. The summed E-state index contributed by atoms with van der Waals surface area (Å²) in [6.07, 6.45) is -0.608. The first-order valence-electron chi connectivity index (χ1n) is 13.4. The maximum atomic E-state index is 14.1. The third-order valence-corrected chi connectivity index (χ3v) is 10.00. The van der Waals surface area contributed by atoms with Gasteiger partial charge in [0.2, 0.25) is 21.9 Å². The van der Waals surface area contributed by atoms with Gasteiger partial charge in [0.05, 0.1) is 33.2 Å². The Kier molecular flexibility index (Phi) is 9.67. The summed E-state index contributed by atoms with van der Waals surface area (Å²) < 4.78 is 61.0. The van der Waals surface area contributed by atoms with E-state index in [0.29, 0.717) is 34.8 Å². The van der Waals surface area contributed by atoms with E-state index in [1.165, 1.54) is 32.0 Å². The molecule has 1 aromatic carbocycles. The molecule has 12 nitrogen and oxygen atoms in total. The molecule has 0 amide bonds. The fourth-order valence-electron chi connectivity index (χ4n) is 4.27. The number of methoxy groups -OCH3 is 3. The van der Waals surface area contributed by atoms with Crippen molar-refractivity contribution in [1.82, 2.24) is 24.7 Å². The number of nitrogens with zero attached hydrogens (tertiary/aromatic N) is 6. The number of aliphatic hydroxyl groups is 1. The van der Waals surface area contributed by atoms with Crippen LogP contribution < -0.4 is 18.5 Å². The smallest absolute Gasteiger partial charge is 0.246 e. The Morgan fingerprint density at radius 2 is 1.65 bits per heavy atom. The van der Waals surface area contributed by atoms with Crippen molar-refractivity contribution >= 4 is 24.0 Å². The summed E-state index contributed by atoms with van der Waals surface area (Å²) in [6.45, 7) is 6.42. The number of aliphatic hydroxyl groups excluding tert-OH is 1. The molecule has 3 aromatic heterocycles. The summed E-state index contributed by atoms with van der Waals surface area (Å²) >= 11 is 0. The third kappa shape index (κ3) is 7.29. The van der Waals surface area contributed by atoms with Crippen molar-refractivity contribution in [2.24, 2.45) is 0 Å². The molecule has 3 heterocycles. The molecule has 0 bridgehead atoms. The van der Waals surface area contributed by atoms with Crippen LogP contribution in [0, 0.1) is 5.82 Å². The second kappa shape index (κ2) is 13.1. The van der Waals surface area contributed by atoms with Crippen molar-refractivity contribution in [1.29, 1.82) is 0 Å². The van der Waals surface area contributed by atoms with Gasteiger partial charge >= 0.3 is 0 Å². The Hall–Kier alpha value is -4.08. The lowest BCUT2D eigenvalue weighted by molar-refractivity contribution is 0.196. The van der Waals surface area contributed by atoms with E-state index in [4.69, 9.17) is 14.2 Å². The molecular weight excluding hydrogens is 595 g/mol. The van der Waals surface area contributed by atoms with E-state index in [1.54, 1.807) is 36.4 Å². The number of para-hydroxylation sites is 1. The lowest BCUT2D eigenvalue weighted by atomic mass is 10.2. The molecule has 230 valence electrons. The number of hydrogen-bond donors (Lipinski definition) is 1. The van der Waals surface area contributed by atoms with Crippen molar-refractivity contribution in [3.05, 3.63) is 66.2 Å². The average Bonchev–Trinajstić information content (AvgIpc) is 3.40. The van der Waals surface area contributed by atoms with Crippen LogP contribution in [0.15, 0.2) is 54.7 Å². The van der Waals surface area contributed by atoms with E-state index < -0.39 is 35.8 Å². The average molecular weight is 631 g/mol. The molecule has 0 spiro atoms. The van der Waals surface area contributed by atoms with Gasteiger partial charge in [-0.2, -0.15) is 0 Å². The number of benzene rings is 1. The van der Waals surface area contributed by atoms with Crippen LogP contribution in [-0.2, 0) is 10.0 Å². The minimum atomic E-state index is -4.28. The lowest BCUT2D eigenvalue weighted by Crippen LogP contribution is -2.40. The molecule has 4 aromatic rings. The lowest BCUT2D eigenvalue weighted by Gasteiger charge is -2.28. The molecule has 1 atom stereocenters. The molecule has 0 radical (unpaired) electrons. The highest BCUT2D eigenvalue weighted by molar-refractivity contribution is 7.92. The predicted octanol–water partition coefficient (Wildman–Crippen LogP) is 4.10. The van der Waals surface area contributed by atoms with Crippen LogP contribution in [0.1, 0.15) is 11.8 Å². The highest BCUT2D eigenvalue weighted by atomic mass is 32.2. The normalized spacial score (nSPS) is 12.6. The zero-order valence-corrected chi connectivity index (χ0v) is 26.7. The van der Waals surface area contributed by atoms with E-state index >= 15 is 0 Å². The van der Waals surface area contributed by atoms with E-state index in [0.717, 1.165) is 16.6 Å². The zero-order chi connectivity index (χ0) is 31.4. The van der Waals surface area contributed by atoms with Crippen LogP contribution in [0.25, 0.3) is 17.2 Å². The van der Waals surface area contributed by atoms with Gasteiger partial charge in [-0.05, 0) is 36.4 Å². The minimum absolute atomic E-state index is 0.0178. The molecule has 0 saturated carbocycles. The maximum absolute atomic E-state index is 14.1. The number of ether oxygens (including phenoxy) is 3. The SMILES string of the molecule is COc1cccc(-c2nnc(N(CC[Si](C)(C)C)S(=O)(=O)C[C@@H](O)c3ccc(F)cn3)n2-c2c(OC)cccc2OC)n1. The standard InChI is InChI=1S/C28H35FN6O6SSi/c1-39-23-10-8-11-24(40-2)26(23)35-27(21-9-7-12-25(31-21)41-3)32-33-28(35)34(15-16-43(4,5)6)42(37,38)18-22(36)20-14-13-19(29)17-30-20/h7-14,17,22,36H,15-16,18H2,1-6H3/t22-/m1/s1. The van der Waals surface area contributed by atoms with Gasteiger partial charge < -0.3 is 19.3 Å². The van der Waals surface area contributed by atoms with Gasteiger partial charge in [-0.15, -0.1) is 10.2 Å². The van der Waals surface area contributed by atoms with Gasteiger partial charge in [0.15, 0.2) is 5.82 Å². The van der Waals surface area contributed by atoms with Gasteiger partial charge in [-0.3, -0.25) is 9.55 Å². The van der Waals surface area contributed by atoms with E-state index in [-0.39, 0.29) is 24.0 Å². The van der Waals surface area contributed by atoms with Crippen LogP contribution in [0.4, 0.5) is 10.3 Å². The number of aromatic nitrogens is 5. The van der Waals surface area contributed by atoms with Gasteiger partial charge in [-0.25, -0.2) is 22.1 Å². The first-order chi connectivity index (χ1) is 20.4. The molecule has 0 fully saturated rings. The number of anilines is 1. The van der Waals surface area contributed by atoms with Crippen LogP contribution in [0.3, 0.4) is 0 Å². The summed E-state index contributed by atoms with van der Waals surface area (Å²) in [7, 11) is -1.64. The zero-order valence-electron chi connectivity index (χ0n) is 24.9. The van der Waals surface area contributed by atoms with Gasteiger partial charge in [0.25, 0.3) is 0 Å². The Balaban J connectivity index is 1.95. The topological polar surface area (TPSA) is 142 Å². The predicted molar refractivity (Wildman–Crippen MR) is 163 cm³/mol. The quantitative estimate of drug-likeness (QED) is 0.215. The number of pyridine rings is 2. The molecule has 0 aliphatic carbocycles. The van der Waals surface area contributed by atoms with Gasteiger partial charge in [0.1, 0.15) is 40.6 Å². The summed E-state index contributed by atoms with van der Waals surface area (Å²) in [5.41, 5.74) is 0.717. The first kappa shape index (κ1) is 31.8. The van der Waals surface area contributed by atoms with Crippen LogP contribution >= 0.6 is 0 Å². The number of hydrogen-bond acceptors (Lipinski definition) is 10. The van der Waals surface area contributed by atoms with Crippen LogP contribution in [0.5, 0.6) is 17.4 Å². The fraction of sp³-hybridized carbons (Fsp3) is 0.357. The number of halogens is 1. The fourth-order valence-corrected chi connectivity index (χ4v) is 6.82. The van der Waals surface area contributed by atoms with E-state index in [9.17, 15) is 17.9 Å². The van der Waals surface area contributed by atoms with Crippen molar-refractivity contribution in [2.75, 3.05) is 37.9 Å². The molecule has 1 N–H and O–H groups in total. The Labute approximate surface area is 251 Å². The van der Waals surface area contributed by atoms with Crippen molar-refractivity contribution < 1.29 is 32.1 Å². The highest BCUT2D eigenvalue weighted by Crippen LogP contribution is 2.39. The second-order valence-electron chi connectivity index (χ2n) is 10.8. The Morgan fingerprint density at radius 1 is 0.977 bits per heavy atom. The molecule has 15 heteroatoms. The summed E-state index contributed by atoms with van der Waals surface area (Å²) in [5.74, 6) is -0.150. The molecule has 4 rings (SSSR count). The Bertz CT molecular complexity index is 1640. The summed E-state index contributed by atoms with van der Waals surface area (Å²) in [6, 6.07) is 13.2. The molecule has 0 unspecified atom stereocenters. The summed E-state index contributed by atoms with van der Waals surface area (Å²) in [5, 5.41) is 19.6. The first-order valence-corrected chi connectivity index (χ1v) is 18.7. The van der Waals surface area contributed by atoms with Gasteiger partial charge in [0, 0.05) is 20.7 Å². The molecule has 0 saturated heterocycles.